The van der Waals surface area contributed by atoms with Crippen molar-refractivity contribution in [3.8, 4) is 0 Å². The first-order valence-corrected chi connectivity index (χ1v) is 8.31. The van der Waals surface area contributed by atoms with Crippen LogP contribution in [0.4, 0.5) is 0 Å². The Balaban J connectivity index is -0.000000366. The number of hydrogen-bond donors (Lipinski definition) is 1. The van der Waals surface area contributed by atoms with E-state index in [0.717, 1.165) is 0 Å². The molecule has 0 saturated carbocycles. The third-order valence-electron chi connectivity index (χ3n) is 2.41. The molecule has 0 fully saturated rings. The molecule has 0 heterocycles. The maximum atomic E-state index is 8.55. The molecule has 0 amide bonds. The summed E-state index contributed by atoms with van der Waals surface area (Å²) in [7, 11) is -5.39. The van der Waals surface area contributed by atoms with Gasteiger partial charge in [-0.3, -0.25) is 0 Å². The summed E-state index contributed by atoms with van der Waals surface area (Å²) in [6.07, 6.45) is 11.0. The zero-order valence-corrected chi connectivity index (χ0v) is 13.1. The second-order valence-corrected chi connectivity index (χ2v) is 5.21. The number of unbranched alkanes of at least 4 members (excludes halogenated alkanes) is 6. The molecule has 0 radical (unpaired) electrons. The second kappa shape index (κ2) is 18.1. The number of nitrogens with one attached hydrogen (secondary N) is 1. The normalized spacial score (nSPS) is 10.4. The van der Waals surface area contributed by atoms with Crippen molar-refractivity contribution in [3.05, 3.63) is 0 Å². The van der Waals surface area contributed by atoms with Crippen LogP contribution >= 0.6 is 7.82 Å². The van der Waals surface area contributed by atoms with E-state index >= 15 is 0 Å². The molecule has 112 valence electrons. The Morgan fingerprint density at radius 2 is 1.11 bits per heavy atom. The molecule has 0 aliphatic rings. The molecule has 19 heavy (non-hydrogen) atoms. The van der Waals surface area contributed by atoms with E-state index in [0.29, 0.717) is 0 Å². The van der Waals surface area contributed by atoms with Crippen molar-refractivity contribution in [3.63, 3.8) is 0 Å². The van der Waals surface area contributed by atoms with E-state index in [4.69, 9.17) is 19.2 Å². The fourth-order valence-corrected chi connectivity index (χ4v) is 1.48. The summed E-state index contributed by atoms with van der Waals surface area (Å²) >= 11 is 0. The van der Waals surface area contributed by atoms with Crippen molar-refractivity contribution in [2.45, 2.75) is 65.2 Å². The fraction of sp³-hybridized carbons (Fsp3) is 1.00. The maximum absolute atomic E-state index is 8.55. The van der Waals surface area contributed by atoms with Gasteiger partial charge in [-0.2, -0.15) is 7.82 Å². The molecule has 5 nitrogen and oxygen atoms in total. The molecule has 7 heteroatoms. The summed E-state index contributed by atoms with van der Waals surface area (Å²) in [6, 6.07) is 0. The van der Waals surface area contributed by atoms with Crippen molar-refractivity contribution < 1.29 is 19.2 Å². The van der Waals surface area contributed by atoms with Crippen LogP contribution in [0.3, 0.4) is 0 Å². The van der Waals surface area contributed by atoms with Crippen molar-refractivity contribution in [2.24, 2.45) is 0 Å². The smallest absolute Gasteiger partial charge is 0.822 e. The number of rotatable bonds is 10. The molecule has 0 unspecified atom stereocenters. The van der Waals surface area contributed by atoms with Crippen LogP contribution in [0.2, 0.25) is 0 Å². The van der Waals surface area contributed by atoms with Crippen molar-refractivity contribution >= 4 is 16.2 Å². The van der Waals surface area contributed by atoms with E-state index in [1.807, 2.05) is 0 Å². The van der Waals surface area contributed by atoms with E-state index < -0.39 is 7.82 Å². The van der Waals surface area contributed by atoms with Gasteiger partial charge in [0.15, 0.2) is 0 Å². The Labute approximate surface area is 120 Å². The van der Waals surface area contributed by atoms with Crippen LogP contribution in [0.25, 0.3) is 0 Å². The SMILES string of the molecule is CCCCCCNCCCCCC.O=P([O-])([O-])[O-].[B+3]. The van der Waals surface area contributed by atoms with Gasteiger partial charge in [-0.05, 0) is 25.9 Å². The Kier molecular flexibility index (Phi) is 23.1. The molecular weight excluding hydrogens is 264 g/mol. The molecule has 1 N–H and O–H groups in total. The first kappa shape index (κ1) is 24.2. The molecule has 0 aliphatic heterocycles. The van der Waals surface area contributed by atoms with E-state index in [9.17, 15) is 0 Å². The molecule has 0 aliphatic carbocycles. The molecule has 0 saturated heterocycles. The third-order valence-corrected chi connectivity index (χ3v) is 2.41. The van der Waals surface area contributed by atoms with Crippen LogP contribution < -0.4 is 20.0 Å². The standard InChI is InChI=1S/C12H27N.B.H3O4P/c1-3-5-7-9-11-13-12-10-8-6-4-2;;1-5(2,3)4/h13H,3-12H2,1-2H3;;(H3,1,2,3,4)/q;+3;/p-3. The summed E-state index contributed by atoms with van der Waals surface area (Å²) in [6.45, 7) is 6.98. The maximum Gasteiger partial charge on any atom is 3.00 e. The van der Waals surface area contributed by atoms with Gasteiger partial charge in [0.05, 0.1) is 0 Å². The fourth-order valence-electron chi connectivity index (χ4n) is 1.48. The van der Waals surface area contributed by atoms with E-state index in [-0.39, 0.29) is 8.41 Å². The minimum absolute atomic E-state index is 0. The minimum atomic E-state index is -5.39. The van der Waals surface area contributed by atoms with Gasteiger partial charge in [-0.25, -0.2) is 0 Å². The zero-order chi connectivity index (χ0) is 14.3. The van der Waals surface area contributed by atoms with Gasteiger partial charge in [0.25, 0.3) is 0 Å². The summed E-state index contributed by atoms with van der Waals surface area (Å²) < 4.78 is 8.55. The molecule has 0 bridgehead atoms. The average Bonchev–Trinajstić information content (AvgIpc) is 2.25. The number of hydrogen-bond acceptors (Lipinski definition) is 5. The van der Waals surface area contributed by atoms with E-state index in [2.05, 4.69) is 19.2 Å². The summed E-state index contributed by atoms with van der Waals surface area (Å²) in [5.74, 6) is 0. The van der Waals surface area contributed by atoms with Gasteiger partial charge in [-0.1, -0.05) is 52.4 Å². The van der Waals surface area contributed by atoms with E-state index in [1.54, 1.807) is 0 Å². The van der Waals surface area contributed by atoms with Crippen LogP contribution in [-0.4, -0.2) is 21.5 Å². The number of phosphoric acid groups is 1. The van der Waals surface area contributed by atoms with Gasteiger partial charge < -0.3 is 24.6 Å². The average molecular weight is 291 g/mol. The molecule has 0 aromatic rings. The molecule has 0 atom stereocenters. The molecule has 0 rings (SSSR count). The van der Waals surface area contributed by atoms with Gasteiger partial charge in [0, 0.05) is 0 Å². The largest absolute Gasteiger partial charge is 3.00 e. The van der Waals surface area contributed by atoms with Gasteiger partial charge >= 0.3 is 8.41 Å². The summed E-state index contributed by atoms with van der Waals surface area (Å²) in [5.41, 5.74) is 0. The van der Waals surface area contributed by atoms with Crippen LogP contribution in [-0.2, 0) is 4.57 Å². The van der Waals surface area contributed by atoms with Gasteiger partial charge in [-0.15, -0.1) is 0 Å². The summed E-state index contributed by atoms with van der Waals surface area (Å²) in [5, 5.41) is 3.50. The predicted octanol–water partition coefficient (Wildman–Crippen LogP) is 0.531. The molecule has 0 aromatic heterocycles. The van der Waals surface area contributed by atoms with Crippen LogP contribution in [0.1, 0.15) is 65.2 Å². The first-order chi connectivity index (χ1) is 8.41. The summed E-state index contributed by atoms with van der Waals surface area (Å²) in [4.78, 5) is 25.6. The van der Waals surface area contributed by atoms with E-state index in [1.165, 1.54) is 64.5 Å². The van der Waals surface area contributed by atoms with Crippen LogP contribution in [0.15, 0.2) is 0 Å². The Bertz CT molecular complexity index is 184. The van der Waals surface area contributed by atoms with Gasteiger partial charge in [0.1, 0.15) is 0 Å². The molecule has 0 spiro atoms. The van der Waals surface area contributed by atoms with Gasteiger partial charge in [0.2, 0.25) is 0 Å². The van der Waals surface area contributed by atoms with Crippen molar-refractivity contribution in [1.29, 1.82) is 0 Å². The predicted molar refractivity (Wildman–Crippen MR) is 74.5 cm³/mol. The second-order valence-electron chi connectivity index (χ2n) is 4.32. The monoisotopic (exact) mass is 291 g/mol. The minimum Gasteiger partial charge on any atom is -0.822 e. The van der Waals surface area contributed by atoms with Crippen molar-refractivity contribution in [1.82, 2.24) is 5.32 Å². The Morgan fingerprint density at radius 1 is 0.789 bits per heavy atom. The van der Waals surface area contributed by atoms with Crippen LogP contribution in [0, 0.1) is 0 Å². The Hall–Kier alpha value is 0.135. The third kappa shape index (κ3) is 46.0. The topological polar surface area (TPSA) is 98.3 Å². The molecule has 0 aromatic carbocycles. The first-order valence-electron chi connectivity index (χ1n) is 6.85. The van der Waals surface area contributed by atoms with Crippen LogP contribution in [0.5, 0.6) is 0 Å². The van der Waals surface area contributed by atoms with Crippen molar-refractivity contribution in [2.75, 3.05) is 13.1 Å². The quantitative estimate of drug-likeness (QED) is 0.359. The molecular formula is C12H27BNO4P. The Morgan fingerprint density at radius 3 is 1.37 bits per heavy atom. The zero-order valence-electron chi connectivity index (χ0n) is 12.2.